The van der Waals surface area contributed by atoms with Gasteiger partial charge in [0.25, 0.3) is 0 Å². The number of hydrogen-bond acceptors (Lipinski definition) is 5. The Morgan fingerprint density at radius 1 is 1.41 bits per heavy atom. The minimum Gasteiger partial charge on any atom is -0.270 e. The molecule has 0 aromatic carbocycles. The predicted octanol–water partition coefficient (Wildman–Crippen LogP) is 0.554. The van der Waals surface area contributed by atoms with Gasteiger partial charge in [-0.3, -0.25) is 10.5 Å². The quantitative estimate of drug-likeness (QED) is 0.594. The number of hydrazine groups is 1. The fraction of sp³-hybridized carbons (Fsp3) is 0.364. The summed E-state index contributed by atoms with van der Waals surface area (Å²) in [6.45, 7) is 4.76. The number of aryl methyl sites for hydroxylation is 2. The van der Waals surface area contributed by atoms with Crippen molar-refractivity contribution in [2.75, 3.05) is 0 Å². The highest BCUT2D eigenvalue weighted by Crippen LogP contribution is 2.17. The topological polar surface area (TPSA) is 81.7 Å². The summed E-state index contributed by atoms with van der Waals surface area (Å²) in [5.41, 5.74) is 4.71. The Hall–Kier alpha value is -1.79. The minimum absolute atomic E-state index is 0.238. The highest BCUT2D eigenvalue weighted by molar-refractivity contribution is 5.17. The van der Waals surface area contributed by atoms with Crippen LogP contribution < -0.4 is 11.3 Å². The van der Waals surface area contributed by atoms with Crippen LogP contribution in [0.1, 0.15) is 30.0 Å². The molecule has 6 nitrogen and oxygen atoms in total. The van der Waals surface area contributed by atoms with Gasteiger partial charge in [0.1, 0.15) is 6.04 Å². The molecule has 0 spiro atoms. The monoisotopic (exact) mass is 232 g/mol. The zero-order valence-electron chi connectivity index (χ0n) is 9.96. The minimum atomic E-state index is -0.238. The summed E-state index contributed by atoms with van der Waals surface area (Å²) < 4.78 is 1.87. The molecule has 0 amide bonds. The lowest BCUT2D eigenvalue weighted by molar-refractivity contribution is 0.525. The van der Waals surface area contributed by atoms with Crippen LogP contribution in [0.5, 0.6) is 0 Å². The van der Waals surface area contributed by atoms with Crippen LogP contribution >= 0.6 is 0 Å². The van der Waals surface area contributed by atoms with Gasteiger partial charge < -0.3 is 0 Å². The molecule has 0 aliphatic carbocycles. The number of rotatable bonds is 4. The van der Waals surface area contributed by atoms with Crippen LogP contribution in [-0.4, -0.2) is 19.7 Å². The molecule has 0 bridgehead atoms. The fourth-order valence-corrected chi connectivity index (χ4v) is 1.70. The molecule has 90 valence electrons. The zero-order valence-corrected chi connectivity index (χ0v) is 9.96. The number of nitrogens with zero attached hydrogens (tertiary/aromatic N) is 4. The van der Waals surface area contributed by atoms with Gasteiger partial charge in [-0.05, 0) is 25.5 Å². The molecule has 2 rings (SSSR count). The van der Waals surface area contributed by atoms with E-state index in [1.165, 1.54) is 0 Å². The molecule has 17 heavy (non-hydrogen) atoms. The van der Waals surface area contributed by atoms with Gasteiger partial charge in [-0.25, -0.2) is 15.4 Å². The van der Waals surface area contributed by atoms with Gasteiger partial charge in [0.05, 0.1) is 5.69 Å². The van der Waals surface area contributed by atoms with E-state index < -0.39 is 0 Å². The average Bonchev–Trinajstić information content (AvgIpc) is 2.81. The standard InChI is InChI=1S/C11H16N6/c1-3-17-9(4-5-15-17)10(16-12)11-13-6-8(2)7-14-11/h4-7,10,16H,3,12H2,1-2H3. The van der Waals surface area contributed by atoms with Crippen molar-refractivity contribution in [2.24, 2.45) is 5.84 Å². The maximum atomic E-state index is 5.59. The van der Waals surface area contributed by atoms with Crippen LogP contribution in [0.15, 0.2) is 24.7 Å². The molecule has 0 aliphatic rings. The number of aromatic nitrogens is 4. The second kappa shape index (κ2) is 5.03. The Kier molecular flexibility index (Phi) is 3.46. The number of hydrogen-bond donors (Lipinski definition) is 2. The Morgan fingerprint density at radius 3 is 2.71 bits per heavy atom. The molecule has 1 unspecified atom stereocenters. The predicted molar refractivity (Wildman–Crippen MR) is 63.8 cm³/mol. The maximum Gasteiger partial charge on any atom is 0.152 e. The molecule has 2 heterocycles. The van der Waals surface area contributed by atoms with E-state index in [2.05, 4.69) is 20.5 Å². The van der Waals surface area contributed by atoms with Crippen LogP contribution in [0.25, 0.3) is 0 Å². The molecule has 0 saturated carbocycles. The summed E-state index contributed by atoms with van der Waals surface area (Å²) in [5, 5.41) is 4.21. The van der Waals surface area contributed by atoms with Crippen molar-refractivity contribution in [3.05, 3.63) is 41.7 Å². The first-order valence-corrected chi connectivity index (χ1v) is 5.52. The molecule has 1 atom stereocenters. The SMILES string of the molecule is CCn1nccc1C(NN)c1ncc(C)cn1. The molecule has 2 aromatic rings. The van der Waals surface area contributed by atoms with E-state index >= 15 is 0 Å². The lowest BCUT2D eigenvalue weighted by Crippen LogP contribution is -2.32. The molecule has 3 N–H and O–H groups in total. The second-order valence-corrected chi connectivity index (χ2v) is 3.79. The van der Waals surface area contributed by atoms with E-state index in [4.69, 9.17) is 5.84 Å². The Bertz CT molecular complexity index is 475. The van der Waals surface area contributed by atoms with Gasteiger partial charge in [-0.2, -0.15) is 5.10 Å². The van der Waals surface area contributed by atoms with E-state index in [9.17, 15) is 0 Å². The maximum absolute atomic E-state index is 5.59. The molecule has 0 radical (unpaired) electrons. The molecular weight excluding hydrogens is 216 g/mol. The van der Waals surface area contributed by atoms with Crippen LogP contribution in [0, 0.1) is 6.92 Å². The van der Waals surface area contributed by atoms with Crippen LogP contribution in [0.3, 0.4) is 0 Å². The van der Waals surface area contributed by atoms with E-state index in [1.807, 2.05) is 24.6 Å². The zero-order chi connectivity index (χ0) is 12.3. The Morgan fingerprint density at radius 2 is 2.12 bits per heavy atom. The second-order valence-electron chi connectivity index (χ2n) is 3.79. The van der Waals surface area contributed by atoms with Crippen molar-refractivity contribution in [3.8, 4) is 0 Å². The lowest BCUT2D eigenvalue weighted by atomic mass is 10.2. The summed E-state index contributed by atoms with van der Waals surface area (Å²) in [6.07, 6.45) is 5.30. The third-order valence-corrected chi connectivity index (χ3v) is 2.57. The molecular formula is C11H16N6. The third kappa shape index (κ3) is 2.32. The summed E-state index contributed by atoms with van der Waals surface area (Å²) in [7, 11) is 0. The first-order valence-electron chi connectivity index (χ1n) is 5.52. The fourth-order valence-electron chi connectivity index (χ4n) is 1.70. The van der Waals surface area contributed by atoms with Crippen molar-refractivity contribution < 1.29 is 0 Å². The first kappa shape index (κ1) is 11.7. The number of nitrogens with two attached hydrogens (primary N) is 1. The molecule has 6 heteroatoms. The first-order chi connectivity index (χ1) is 8.26. The normalized spacial score (nSPS) is 12.6. The summed E-state index contributed by atoms with van der Waals surface area (Å²) in [5.74, 6) is 6.23. The smallest absolute Gasteiger partial charge is 0.152 e. The van der Waals surface area contributed by atoms with E-state index in [-0.39, 0.29) is 6.04 Å². The van der Waals surface area contributed by atoms with Crippen molar-refractivity contribution in [2.45, 2.75) is 26.4 Å². The van der Waals surface area contributed by atoms with Crippen molar-refractivity contribution in [3.63, 3.8) is 0 Å². The van der Waals surface area contributed by atoms with Crippen molar-refractivity contribution in [1.82, 2.24) is 25.2 Å². The summed E-state index contributed by atoms with van der Waals surface area (Å²) in [6, 6.07) is 1.68. The van der Waals surface area contributed by atoms with E-state index in [0.717, 1.165) is 17.8 Å². The van der Waals surface area contributed by atoms with Crippen molar-refractivity contribution >= 4 is 0 Å². The number of nitrogens with one attached hydrogen (secondary N) is 1. The van der Waals surface area contributed by atoms with Crippen LogP contribution in [-0.2, 0) is 6.54 Å². The average molecular weight is 232 g/mol. The third-order valence-electron chi connectivity index (χ3n) is 2.57. The molecule has 0 aliphatic heterocycles. The molecule has 0 saturated heterocycles. The molecule has 2 aromatic heterocycles. The van der Waals surface area contributed by atoms with Gasteiger partial charge in [0, 0.05) is 25.1 Å². The van der Waals surface area contributed by atoms with Gasteiger partial charge in [-0.15, -0.1) is 0 Å². The lowest BCUT2D eigenvalue weighted by Gasteiger charge is -2.15. The van der Waals surface area contributed by atoms with Crippen LogP contribution in [0.4, 0.5) is 0 Å². The molecule has 0 fully saturated rings. The summed E-state index contributed by atoms with van der Waals surface area (Å²) >= 11 is 0. The largest absolute Gasteiger partial charge is 0.270 e. The Balaban J connectivity index is 2.36. The highest BCUT2D eigenvalue weighted by atomic mass is 15.3. The van der Waals surface area contributed by atoms with Crippen molar-refractivity contribution in [1.29, 1.82) is 0 Å². The highest BCUT2D eigenvalue weighted by Gasteiger charge is 2.18. The summed E-state index contributed by atoms with van der Waals surface area (Å²) in [4.78, 5) is 8.57. The van der Waals surface area contributed by atoms with Gasteiger partial charge in [-0.1, -0.05) is 0 Å². The van der Waals surface area contributed by atoms with Gasteiger partial charge >= 0.3 is 0 Å². The Labute approximate surface area is 99.9 Å². The van der Waals surface area contributed by atoms with E-state index in [1.54, 1.807) is 18.6 Å². The van der Waals surface area contributed by atoms with Gasteiger partial charge in [0.15, 0.2) is 5.82 Å². The van der Waals surface area contributed by atoms with Gasteiger partial charge in [0.2, 0.25) is 0 Å². The van der Waals surface area contributed by atoms with Crippen LogP contribution in [0.2, 0.25) is 0 Å². The van der Waals surface area contributed by atoms with E-state index in [0.29, 0.717) is 5.82 Å².